The molecule has 25 heavy (non-hydrogen) atoms. The van der Waals surface area contributed by atoms with Crippen LogP contribution in [0.25, 0.3) is 11.1 Å². The molecule has 0 aliphatic carbocycles. The first-order valence-electron chi connectivity index (χ1n) is 8.63. The standard InChI is InChI=1S/C19H27N3O3/c1-21-11-15(10-20-21)17-8-14(18(24-3)9-19(17)25-4)12-22-7-5-6-16(13-22)23-2/h8-11,16H,5-7,12-13H2,1-4H3. The van der Waals surface area contributed by atoms with E-state index >= 15 is 0 Å². The van der Waals surface area contributed by atoms with Gasteiger partial charge < -0.3 is 14.2 Å². The lowest BCUT2D eigenvalue weighted by Crippen LogP contribution is -2.38. The Hall–Kier alpha value is -2.05. The number of likely N-dealkylation sites (tertiary alicyclic amines) is 1. The number of rotatable bonds is 6. The largest absolute Gasteiger partial charge is 0.496 e. The second-order valence-electron chi connectivity index (χ2n) is 6.50. The molecule has 1 aliphatic heterocycles. The van der Waals surface area contributed by atoms with Crippen LogP contribution in [0, 0.1) is 0 Å². The predicted molar refractivity (Wildman–Crippen MR) is 97.1 cm³/mol. The molecule has 0 spiro atoms. The number of nitrogens with zero attached hydrogens (tertiary/aromatic N) is 3. The van der Waals surface area contributed by atoms with E-state index in [0.717, 1.165) is 60.7 Å². The van der Waals surface area contributed by atoms with Gasteiger partial charge in [-0.25, -0.2) is 0 Å². The summed E-state index contributed by atoms with van der Waals surface area (Å²) in [6.07, 6.45) is 6.46. The second kappa shape index (κ2) is 7.89. The van der Waals surface area contributed by atoms with Gasteiger partial charge in [0.25, 0.3) is 0 Å². The highest BCUT2D eigenvalue weighted by Crippen LogP contribution is 2.36. The van der Waals surface area contributed by atoms with E-state index in [4.69, 9.17) is 14.2 Å². The number of piperidine rings is 1. The van der Waals surface area contributed by atoms with Gasteiger partial charge in [-0.2, -0.15) is 5.10 Å². The highest BCUT2D eigenvalue weighted by atomic mass is 16.5. The lowest BCUT2D eigenvalue weighted by molar-refractivity contribution is 0.0283. The van der Waals surface area contributed by atoms with Crippen LogP contribution in [0.15, 0.2) is 24.5 Å². The molecule has 6 heteroatoms. The first-order valence-corrected chi connectivity index (χ1v) is 8.63. The molecule has 1 saturated heterocycles. The van der Waals surface area contributed by atoms with Crippen LogP contribution in [-0.4, -0.2) is 55.2 Å². The van der Waals surface area contributed by atoms with E-state index in [1.165, 1.54) is 0 Å². The minimum absolute atomic E-state index is 0.316. The third kappa shape index (κ3) is 3.96. The monoisotopic (exact) mass is 345 g/mol. The van der Waals surface area contributed by atoms with Crippen LogP contribution in [0.3, 0.4) is 0 Å². The third-order valence-corrected chi connectivity index (χ3v) is 4.81. The molecule has 0 saturated carbocycles. The summed E-state index contributed by atoms with van der Waals surface area (Å²) in [4.78, 5) is 2.43. The van der Waals surface area contributed by atoms with Crippen molar-refractivity contribution in [2.45, 2.75) is 25.5 Å². The van der Waals surface area contributed by atoms with E-state index in [9.17, 15) is 0 Å². The van der Waals surface area contributed by atoms with Crippen molar-refractivity contribution < 1.29 is 14.2 Å². The number of methoxy groups -OCH3 is 3. The predicted octanol–water partition coefficient (Wildman–Crippen LogP) is 2.72. The zero-order valence-electron chi connectivity index (χ0n) is 15.5. The van der Waals surface area contributed by atoms with Gasteiger partial charge in [-0.15, -0.1) is 0 Å². The van der Waals surface area contributed by atoms with Gasteiger partial charge in [-0.3, -0.25) is 9.58 Å². The summed E-state index contributed by atoms with van der Waals surface area (Å²) >= 11 is 0. The fourth-order valence-electron chi connectivity index (χ4n) is 3.46. The zero-order valence-corrected chi connectivity index (χ0v) is 15.5. The molecule has 0 amide bonds. The average molecular weight is 345 g/mol. The Kier molecular flexibility index (Phi) is 5.60. The maximum absolute atomic E-state index is 5.62. The number of benzene rings is 1. The number of hydrogen-bond donors (Lipinski definition) is 0. The van der Waals surface area contributed by atoms with E-state index in [1.807, 2.05) is 25.5 Å². The van der Waals surface area contributed by atoms with Gasteiger partial charge in [0.2, 0.25) is 0 Å². The Labute approximate surface area is 149 Å². The van der Waals surface area contributed by atoms with Gasteiger partial charge >= 0.3 is 0 Å². The van der Waals surface area contributed by atoms with Crippen LogP contribution in [0.5, 0.6) is 11.5 Å². The molecule has 0 radical (unpaired) electrons. The van der Waals surface area contributed by atoms with Crippen LogP contribution >= 0.6 is 0 Å². The molecule has 1 fully saturated rings. The molecule has 0 bridgehead atoms. The number of hydrogen-bond acceptors (Lipinski definition) is 5. The summed E-state index contributed by atoms with van der Waals surface area (Å²) in [5, 5.41) is 4.28. The molecule has 1 atom stereocenters. The van der Waals surface area contributed by atoms with E-state index in [0.29, 0.717) is 6.10 Å². The molecule has 0 N–H and O–H groups in total. The SMILES string of the molecule is COc1cc(OC)c(-c2cnn(C)c2)cc1CN1CCCC(OC)C1. The van der Waals surface area contributed by atoms with Crippen molar-refractivity contribution in [2.24, 2.45) is 7.05 Å². The van der Waals surface area contributed by atoms with Gasteiger partial charge in [0, 0.05) is 56.2 Å². The van der Waals surface area contributed by atoms with E-state index in [2.05, 4.69) is 16.1 Å². The van der Waals surface area contributed by atoms with Crippen LogP contribution in [0.1, 0.15) is 18.4 Å². The molecule has 136 valence electrons. The molecule has 6 nitrogen and oxygen atoms in total. The van der Waals surface area contributed by atoms with Crippen LogP contribution in [0.4, 0.5) is 0 Å². The normalized spacial score (nSPS) is 18.3. The van der Waals surface area contributed by atoms with Crippen molar-refractivity contribution in [3.8, 4) is 22.6 Å². The van der Waals surface area contributed by atoms with Gasteiger partial charge in [0.05, 0.1) is 26.5 Å². The molecule has 1 aromatic heterocycles. The average Bonchev–Trinajstić information content (AvgIpc) is 3.07. The molecule has 3 rings (SSSR count). The molecule has 2 aromatic rings. The van der Waals surface area contributed by atoms with Gasteiger partial charge in [0.15, 0.2) is 0 Å². The molecular formula is C19H27N3O3. The van der Waals surface area contributed by atoms with Crippen molar-refractivity contribution in [3.63, 3.8) is 0 Å². The molecular weight excluding hydrogens is 318 g/mol. The fraction of sp³-hybridized carbons (Fsp3) is 0.526. The zero-order chi connectivity index (χ0) is 17.8. The minimum Gasteiger partial charge on any atom is -0.496 e. The quantitative estimate of drug-likeness (QED) is 0.806. The third-order valence-electron chi connectivity index (χ3n) is 4.81. The summed E-state index contributed by atoms with van der Waals surface area (Å²) < 4.78 is 18.5. The maximum Gasteiger partial charge on any atom is 0.130 e. The second-order valence-corrected chi connectivity index (χ2v) is 6.50. The van der Waals surface area contributed by atoms with Crippen LogP contribution in [-0.2, 0) is 18.3 Å². The molecule has 1 aliphatic rings. The highest BCUT2D eigenvalue weighted by Gasteiger charge is 2.22. The Morgan fingerprint density at radius 2 is 1.96 bits per heavy atom. The lowest BCUT2D eigenvalue weighted by Gasteiger charge is -2.32. The van der Waals surface area contributed by atoms with Crippen molar-refractivity contribution >= 4 is 0 Å². The summed E-state index contributed by atoms with van der Waals surface area (Å²) in [6, 6.07) is 4.13. The minimum atomic E-state index is 0.316. The van der Waals surface area contributed by atoms with Gasteiger partial charge in [0.1, 0.15) is 11.5 Å². The Morgan fingerprint density at radius 1 is 1.16 bits per heavy atom. The lowest BCUT2D eigenvalue weighted by atomic mass is 10.0. The molecule has 1 aromatic carbocycles. The highest BCUT2D eigenvalue weighted by molar-refractivity contribution is 5.72. The molecule has 2 heterocycles. The smallest absolute Gasteiger partial charge is 0.130 e. The number of aromatic nitrogens is 2. The Morgan fingerprint density at radius 3 is 2.60 bits per heavy atom. The van der Waals surface area contributed by atoms with Crippen molar-refractivity contribution in [1.82, 2.24) is 14.7 Å². The molecule has 1 unspecified atom stereocenters. The van der Waals surface area contributed by atoms with E-state index < -0.39 is 0 Å². The number of ether oxygens (including phenoxy) is 3. The topological polar surface area (TPSA) is 48.8 Å². The summed E-state index contributed by atoms with van der Waals surface area (Å²) in [5.74, 6) is 1.64. The fourth-order valence-corrected chi connectivity index (χ4v) is 3.46. The van der Waals surface area contributed by atoms with Crippen molar-refractivity contribution in [1.29, 1.82) is 0 Å². The van der Waals surface area contributed by atoms with Gasteiger partial charge in [-0.1, -0.05) is 0 Å². The summed E-state index contributed by atoms with van der Waals surface area (Å²) in [7, 11) is 7.10. The Balaban J connectivity index is 1.92. The van der Waals surface area contributed by atoms with Crippen LogP contribution in [0.2, 0.25) is 0 Å². The Bertz CT molecular complexity index is 714. The van der Waals surface area contributed by atoms with Gasteiger partial charge in [-0.05, 0) is 25.5 Å². The summed E-state index contributed by atoms with van der Waals surface area (Å²) in [6.45, 7) is 2.87. The first-order chi connectivity index (χ1) is 12.1. The van der Waals surface area contributed by atoms with Crippen molar-refractivity contribution in [3.05, 3.63) is 30.1 Å². The number of aryl methyl sites for hydroxylation is 1. The van der Waals surface area contributed by atoms with Crippen LogP contribution < -0.4 is 9.47 Å². The van der Waals surface area contributed by atoms with Crippen molar-refractivity contribution in [2.75, 3.05) is 34.4 Å². The first kappa shape index (κ1) is 17.8. The summed E-state index contributed by atoms with van der Waals surface area (Å²) in [5.41, 5.74) is 3.22. The van der Waals surface area contributed by atoms with E-state index in [1.54, 1.807) is 26.0 Å². The van der Waals surface area contributed by atoms with E-state index in [-0.39, 0.29) is 0 Å². The maximum atomic E-state index is 5.62.